The fourth-order valence-corrected chi connectivity index (χ4v) is 1.57. The third-order valence-electron chi connectivity index (χ3n) is 2.29. The monoisotopic (exact) mass is 262 g/mol. The molecular formula is C13H11FN2OS. The van der Waals surface area contributed by atoms with Crippen molar-refractivity contribution in [2.45, 2.75) is 6.61 Å². The molecule has 0 fully saturated rings. The number of rotatable bonds is 4. The first kappa shape index (κ1) is 12.4. The Hall–Kier alpha value is -2.01. The molecule has 1 aromatic heterocycles. The molecule has 2 aromatic rings. The van der Waals surface area contributed by atoms with Crippen molar-refractivity contribution >= 4 is 17.2 Å². The molecule has 1 aromatic carbocycles. The number of ether oxygens (including phenoxy) is 1. The highest BCUT2D eigenvalue weighted by atomic mass is 32.1. The van der Waals surface area contributed by atoms with Gasteiger partial charge in [0, 0.05) is 17.3 Å². The van der Waals surface area contributed by atoms with Gasteiger partial charge in [-0.3, -0.25) is 4.98 Å². The Kier molecular flexibility index (Phi) is 3.84. The molecule has 0 saturated heterocycles. The fourth-order valence-electron chi connectivity index (χ4n) is 1.44. The number of hydrogen-bond donors (Lipinski definition) is 1. The van der Waals surface area contributed by atoms with Crippen molar-refractivity contribution in [1.82, 2.24) is 4.98 Å². The SMILES string of the molecule is NC(=S)c1cccc(OCc2cncc(F)c2)c1. The molecule has 0 aliphatic carbocycles. The molecule has 2 rings (SSSR count). The van der Waals surface area contributed by atoms with Crippen molar-refractivity contribution in [2.75, 3.05) is 0 Å². The zero-order valence-corrected chi connectivity index (χ0v) is 10.3. The minimum Gasteiger partial charge on any atom is -0.489 e. The molecular weight excluding hydrogens is 251 g/mol. The van der Waals surface area contributed by atoms with Gasteiger partial charge in [-0.2, -0.15) is 0 Å². The Bertz CT molecular complexity index is 574. The molecule has 0 saturated carbocycles. The summed E-state index contributed by atoms with van der Waals surface area (Å²) in [6.07, 6.45) is 2.71. The van der Waals surface area contributed by atoms with E-state index in [2.05, 4.69) is 4.98 Å². The maximum atomic E-state index is 12.9. The van der Waals surface area contributed by atoms with Gasteiger partial charge in [0.1, 0.15) is 23.2 Å². The number of aromatic nitrogens is 1. The molecule has 3 nitrogen and oxygen atoms in total. The van der Waals surface area contributed by atoms with Gasteiger partial charge in [0.25, 0.3) is 0 Å². The first-order valence-corrected chi connectivity index (χ1v) is 5.68. The van der Waals surface area contributed by atoms with E-state index in [-0.39, 0.29) is 12.4 Å². The van der Waals surface area contributed by atoms with Gasteiger partial charge >= 0.3 is 0 Å². The van der Waals surface area contributed by atoms with E-state index in [1.165, 1.54) is 6.07 Å². The Morgan fingerprint density at radius 1 is 1.33 bits per heavy atom. The van der Waals surface area contributed by atoms with E-state index in [4.69, 9.17) is 22.7 Å². The molecule has 92 valence electrons. The van der Waals surface area contributed by atoms with Crippen LogP contribution in [0.15, 0.2) is 42.7 Å². The summed E-state index contributed by atoms with van der Waals surface area (Å²) in [4.78, 5) is 4.06. The van der Waals surface area contributed by atoms with E-state index in [9.17, 15) is 4.39 Å². The van der Waals surface area contributed by atoms with Gasteiger partial charge in [-0.15, -0.1) is 0 Å². The topological polar surface area (TPSA) is 48.1 Å². The van der Waals surface area contributed by atoms with Crippen LogP contribution in [0.4, 0.5) is 4.39 Å². The molecule has 0 atom stereocenters. The molecule has 18 heavy (non-hydrogen) atoms. The molecule has 0 spiro atoms. The standard InChI is InChI=1S/C13H11FN2OS/c14-11-4-9(6-16-7-11)8-17-12-3-1-2-10(5-12)13(15)18/h1-7H,8H2,(H2,15,18). The van der Waals surface area contributed by atoms with Crippen LogP contribution in [-0.2, 0) is 6.61 Å². The summed E-state index contributed by atoms with van der Waals surface area (Å²) in [5, 5.41) is 0. The number of pyridine rings is 1. The summed E-state index contributed by atoms with van der Waals surface area (Å²) < 4.78 is 18.4. The smallest absolute Gasteiger partial charge is 0.141 e. The van der Waals surface area contributed by atoms with Gasteiger partial charge in [-0.05, 0) is 18.2 Å². The van der Waals surface area contributed by atoms with Crippen molar-refractivity contribution in [3.05, 3.63) is 59.7 Å². The lowest BCUT2D eigenvalue weighted by atomic mass is 10.2. The quantitative estimate of drug-likeness (QED) is 0.860. The minimum absolute atomic E-state index is 0.242. The lowest BCUT2D eigenvalue weighted by Crippen LogP contribution is -2.09. The van der Waals surface area contributed by atoms with Crippen LogP contribution in [0.25, 0.3) is 0 Å². The number of benzene rings is 1. The molecule has 5 heteroatoms. The van der Waals surface area contributed by atoms with Crippen molar-refractivity contribution < 1.29 is 9.13 Å². The molecule has 2 N–H and O–H groups in total. The largest absolute Gasteiger partial charge is 0.489 e. The van der Waals surface area contributed by atoms with Crippen LogP contribution in [0.2, 0.25) is 0 Å². The average molecular weight is 262 g/mol. The van der Waals surface area contributed by atoms with Gasteiger partial charge in [-0.1, -0.05) is 24.4 Å². The normalized spacial score (nSPS) is 10.1. The summed E-state index contributed by atoms with van der Waals surface area (Å²) in [5.41, 5.74) is 6.92. The third-order valence-corrected chi connectivity index (χ3v) is 2.52. The molecule has 0 radical (unpaired) electrons. The van der Waals surface area contributed by atoms with Crippen LogP contribution in [0.1, 0.15) is 11.1 Å². The van der Waals surface area contributed by atoms with Crippen molar-refractivity contribution in [1.29, 1.82) is 0 Å². The van der Waals surface area contributed by atoms with Crippen LogP contribution in [0.3, 0.4) is 0 Å². The first-order chi connectivity index (χ1) is 8.65. The number of hydrogen-bond acceptors (Lipinski definition) is 3. The Morgan fingerprint density at radius 3 is 2.89 bits per heavy atom. The zero-order chi connectivity index (χ0) is 13.0. The molecule has 0 aliphatic heterocycles. The van der Waals surface area contributed by atoms with Crippen LogP contribution < -0.4 is 10.5 Å². The third kappa shape index (κ3) is 3.24. The number of halogens is 1. The molecule has 0 amide bonds. The zero-order valence-electron chi connectivity index (χ0n) is 9.47. The van der Waals surface area contributed by atoms with E-state index in [1.807, 2.05) is 0 Å². The van der Waals surface area contributed by atoms with Crippen molar-refractivity contribution in [3.8, 4) is 5.75 Å². The highest BCUT2D eigenvalue weighted by molar-refractivity contribution is 7.80. The van der Waals surface area contributed by atoms with Crippen LogP contribution in [0, 0.1) is 5.82 Å². The van der Waals surface area contributed by atoms with E-state index in [0.29, 0.717) is 16.3 Å². The lowest BCUT2D eigenvalue weighted by Gasteiger charge is -2.07. The number of thiocarbonyl (C=S) groups is 1. The second-order valence-electron chi connectivity index (χ2n) is 3.69. The van der Waals surface area contributed by atoms with Crippen molar-refractivity contribution in [2.24, 2.45) is 5.73 Å². The summed E-state index contributed by atoms with van der Waals surface area (Å²) in [6, 6.07) is 8.51. The summed E-state index contributed by atoms with van der Waals surface area (Å²) >= 11 is 4.88. The van der Waals surface area contributed by atoms with Gasteiger partial charge in [0.15, 0.2) is 0 Å². The Labute approximate surface area is 109 Å². The lowest BCUT2D eigenvalue weighted by molar-refractivity contribution is 0.305. The van der Waals surface area contributed by atoms with E-state index in [0.717, 1.165) is 11.8 Å². The summed E-state index contributed by atoms with van der Waals surface area (Å²) in [6.45, 7) is 0.242. The van der Waals surface area contributed by atoms with E-state index in [1.54, 1.807) is 30.5 Å². The number of nitrogens with zero attached hydrogens (tertiary/aromatic N) is 1. The fraction of sp³-hybridized carbons (Fsp3) is 0.0769. The predicted molar refractivity (Wildman–Crippen MR) is 70.9 cm³/mol. The summed E-state index contributed by atoms with van der Waals surface area (Å²) in [7, 11) is 0. The van der Waals surface area contributed by atoms with E-state index < -0.39 is 0 Å². The summed E-state index contributed by atoms with van der Waals surface area (Å²) in [5.74, 6) is 0.248. The molecule has 0 aliphatic rings. The molecule has 1 heterocycles. The minimum atomic E-state index is -0.381. The van der Waals surface area contributed by atoms with Gasteiger partial charge in [0.2, 0.25) is 0 Å². The average Bonchev–Trinajstić information content (AvgIpc) is 2.37. The Morgan fingerprint density at radius 2 is 2.17 bits per heavy atom. The van der Waals surface area contributed by atoms with Crippen LogP contribution >= 0.6 is 12.2 Å². The number of nitrogens with two attached hydrogens (primary N) is 1. The highest BCUT2D eigenvalue weighted by Gasteiger charge is 2.01. The predicted octanol–water partition coefficient (Wildman–Crippen LogP) is 2.43. The highest BCUT2D eigenvalue weighted by Crippen LogP contribution is 2.15. The maximum Gasteiger partial charge on any atom is 0.141 e. The Balaban J connectivity index is 2.06. The van der Waals surface area contributed by atoms with Gasteiger partial charge in [-0.25, -0.2) is 4.39 Å². The first-order valence-electron chi connectivity index (χ1n) is 5.27. The second-order valence-corrected chi connectivity index (χ2v) is 4.13. The molecule has 0 bridgehead atoms. The van der Waals surface area contributed by atoms with Gasteiger partial charge < -0.3 is 10.5 Å². The molecule has 0 unspecified atom stereocenters. The van der Waals surface area contributed by atoms with Crippen molar-refractivity contribution in [3.63, 3.8) is 0 Å². The van der Waals surface area contributed by atoms with E-state index >= 15 is 0 Å². The van der Waals surface area contributed by atoms with Crippen LogP contribution in [-0.4, -0.2) is 9.97 Å². The van der Waals surface area contributed by atoms with Crippen LogP contribution in [0.5, 0.6) is 5.75 Å². The van der Waals surface area contributed by atoms with Gasteiger partial charge in [0.05, 0.1) is 6.20 Å². The second kappa shape index (κ2) is 5.55. The maximum absolute atomic E-state index is 12.9.